The van der Waals surface area contributed by atoms with Gasteiger partial charge in [0, 0.05) is 12.6 Å². The summed E-state index contributed by atoms with van der Waals surface area (Å²) < 4.78 is 1.65. The van der Waals surface area contributed by atoms with E-state index >= 15 is 0 Å². The molecule has 1 aromatic carbocycles. The number of anilines is 1. The third-order valence-electron chi connectivity index (χ3n) is 2.22. The first kappa shape index (κ1) is 11.1. The van der Waals surface area contributed by atoms with Gasteiger partial charge in [0.15, 0.2) is 0 Å². The number of aromatic nitrogens is 3. The fourth-order valence-electron chi connectivity index (χ4n) is 1.44. The quantitative estimate of drug-likeness (QED) is 0.621. The van der Waals surface area contributed by atoms with Crippen LogP contribution in [0.2, 0.25) is 0 Å². The van der Waals surface area contributed by atoms with Gasteiger partial charge in [0.05, 0.1) is 11.5 Å². The summed E-state index contributed by atoms with van der Waals surface area (Å²) in [5, 5.41) is 17.7. The van der Waals surface area contributed by atoms with Gasteiger partial charge in [-0.05, 0) is 6.07 Å². The Bertz CT molecular complexity index is 497. The van der Waals surface area contributed by atoms with Crippen molar-refractivity contribution in [1.29, 1.82) is 0 Å². The predicted octanol–water partition coefficient (Wildman–Crippen LogP) is 1.30. The number of nitro groups is 1. The summed E-state index contributed by atoms with van der Waals surface area (Å²) >= 11 is 0. The van der Waals surface area contributed by atoms with Crippen molar-refractivity contribution in [3.63, 3.8) is 0 Å². The molecule has 7 nitrogen and oxygen atoms in total. The van der Waals surface area contributed by atoms with Crippen LogP contribution in [0.25, 0.3) is 0 Å². The van der Waals surface area contributed by atoms with Crippen LogP contribution in [0.4, 0.5) is 11.4 Å². The highest BCUT2D eigenvalue weighted by Crippen LogP contribution is 2.22. The van der Waals surface area contributed by atoms with Crippen LogP contribution < -0.4 is 5.32 Å². The summed E-state index contributed by atoms with van der Waals surface area (Å²) in [5.41, 5.74) is 0.587. The highest BCUT2D eigenvalue weighted by Gasteiger charge is 2.11. The zero-order valence-corrected chi connectivity index (χ0v) is 8.98. The van der Waals surface area contributed by atoms with E-state index in [-0.39, 0.29) is 5.69 Å². The van der Waals surface area contributed by atoms with Crippen LogP contribution >= 0.6 is 0 Å². The number of para-hydroxylation sites is 2. The molecular weight excluding hydrogens is 222 g/mol. The fourth-order valence-corrected chi connectivity index (χ4v) is 1.44. The molecule has 2 aromatic rings. The Morgan fingerprint density at radius 2 is 2.24 bits per heavy atom. The highest BCUT2D eigenvalue weighted by molar-refractivity contribution is 5.60. The van der Waals surface area contributed by atoms with E-state index in [1.807, 2.05) is 0 Å². The van der Waals surface area contributed by atoms with Gasteiger partial charge in [-0.2, -0.15) is 5.10 Å². The van der Waals surface area contributed by atoms with E-state index in [0.717, 1.165) is 0 Å². The Hall–Kier alpha value is -2.44. The second kappa shape index (κ2) is 5.06. The lowest BCUT2D eigenvalue weighted by molar-refractivity contribution is -0.384. The largest absolute Gasteiger partial charge is 0.378 e. The third-order valence-corrected chi connectivity index (χ3v) is 2.22. The van der Waals surface area contributed by atoms with Gasteiger partial charge in [0.25, 0.3) is 5.69 Å². The third kappa shape index (κ3) is 2.77. The molecule has 1 heterocycles. The first-order valence-corrected chi connectivity index (χ1v) is 5.07. The minimum Gasteiger partial charge on any atom is -0.378 e. The summed E-state index contributed by atoms with van der Waals surface area (Å²) in [6.07, 6.45) is 3.05. The summed E-state index contributed by atoms with van der Waals surface area (Å²) in [6, 6.07) is 6.54. The highest BCUT2D eigenvalue weighted by atomic mass is 16.6. The summed E-state index contributed by atoms with van der Waals surface area (Å²) in [5.74, 6) is 0. The second-order valence-corrected chi connectivity index (χ2v) is 3.36. The van der Waals surface area contributed by atoms with Crippen LogP contribution in [0.15, 0.2) is 36.9 Å². The van der Waals surface area contributed by atoms with Crippen molar-refractivity contribution in [1.82, 2.24) is 14.8 Å². The molecule has 7 heteroatoms. The molecule has 0 unspecified atom stereocenters. The van der Waals surface area contributed by atoms with Crippen LogP contribution in [0.1, 0.15) is 0 Å². The topological polar surface area (TPSA) is 85.9 Å². The molecule has 0 aliphatic rings. The van der Waals surface area contributed by atoms with E-state index in [4.69, 9.17) is 0 Å². The lowest BCUT2D eigenvalue weighted by Gasteiger charge is -2.06. The van der Waals surface area contributed by atoms with Gasteiger partial charge in [0.1, 0.15) is 18.3 Å². The second-order valence-electron chi connectivity index (χ2n) is 3.36. The lowest BCUT2D eigenvalue weighted by Crippen LogP contribution is -2.11. The summed E-state index contributed by atoms with van der Waals surface area (Å²) in [6.45, 7) is 1.15. The smallest absolute Gasteiger partial charge is 0.292 e. The van der Waals surface area contributed by atoms with E-state index in [2.05, 4.69) is 15.4 Å². The number of rotatable bonds is 5. The molecule has 0 aliphatic carbocycles. The molecule has 0 amide bonds. The summed E-state index contributed by atoms with van der Waals surface area (Å²) in [4.78, 5) is 14.2. The number of hydrogen-bond donors (Lipinski definition) is 1. The Kier molecular flexibility index (Phi) is 3.29. The number of benzene rings is 1. The first-order valence-electron chi connectivity index (χ1n) is 5.07. The molecule has 0 atom stereocenters. The van der Waals surface area contributed by atoms with Gasteiger partial charge < -0.3 is 5.32 Å². The van der Waals surface area contributed by atoms with Crippen molar-refractivity contribution in [2.75, 3.05) is 11.9 Å². The van der Waals surface area contributed by atoms with Crippen molar-refractivity contribution in [2.45, 2.75) is 6.54 Å². The van der Waals surface area contributed by atoms with Crippen molar-refractivity contribution in [3.8, 4) is 0 Å². The average Bonchev–Trinajstić information content (AvgIpc) is 2.82. The molecule has 1 aromatic heterocycles. The molecule has 2 rings (SSSR count). The Labute approximate surface area is 97.2 Å². The molecule has 0 saturated heterocycles. The Morgan fingerprint density at radius 3 is 2.94 bits per heavy atom. The van der Waals surface area contributed by atoms with Gasteiger partial charge in [-0.15, -0.1) is 0 Å². The van der Waals surface area contributed by atoms with Gasteiger partial charge in [-0.3, -0.25) is 14.8 Å². The molecule has 1 N–H and O–H groups in total. The molecule has 17 heavy (non-hydrogen) atoms. The zero-order valence-electron chi connectivity index (χ0n) is 8.98. The lowest BCUT2D eigenvalue weighted by atomic mass is 10.2. The van der Waals surface area contributed by atoms with E-state index in [1.54, 1.807) is 29.2 Å². The first-order chi connectivity index (χ1) is 8.27. The Balaban J connectivity index is 1.97. The normalized spacial score (nSPS) is 10.1. The average molecular weight is 233 g/mol. The van der Waals surface area contributed by atoms with Gasteiger partial charge in [0.2, 0.25) is 0 Å². The maximum atomic E-state index is 10.8. The fraction of sp³-hybridized carbons (Fsp3) is 0.200. The molecule has 88 valence electrons. The maximum absolute atomic E-state index is 10.8. The van der Waals surface area contributed by atoms with Crippen molar-refractivity contribution in [2.24, 2.45) is 0 Å². The SMILES string of the molecule is O=[N+]([O-])c1ccccc1NCCn1cncn1. The number of hydrogen-bond acceptors (Lipinski definition) is 5. The molecule has 0 bridgehead atoms. The molecule has 0 fully saturated rings. The van der Waals surface area contributed by atoms with E-state index < -0.39 is 4.92 Å². The monoisotopic (exact) mass is 233 g/mol. The van der Waals surface area contributed by atoms with Crippen molar-refractivity contribution in [3.05, 3.63) is 47.0 Å². The standard InChI is InChI=1S/C10H11N5O2/c16-15(17)10-4-2-1-3-9(10)12-5-6-14-8-11-7-13-14/h1-4,7-8,12H,5-6H2. The minimum atomic E-state index is -0.405. The van der Waals surface area contributed by atoms with Crippen molar-refractivity contribution < 1.29 is 4.92 Å². The number of nitro benzene ring substituents is 1. The van der Waals surface area contributed by atoms with Gasteiger partial charge >= 0.3 is 0 Å². The van der Waals surface area contributed by atoms with Crippen LogP contribution in [0.3, 0.4) is 0 Å². The maximum Gasteiger partial charge on any atom is 0.292 e. The Morgan fingerprint density at radius 1 is 1.41 bits per heavy atom. The van der Waals surface area contributed by atoms with Gasteiger partial charge in [-0.1, -0.05) is 12.1 Å². The number of nitrogens with one attached hydrogen (secondary N) is 1. The van der Waals surface area contributed by atoms with E-state index in [1.165, 1.54) is 12.4 Å². The zero-order chi connectivity index (χ0) is 12.1. The van der Waals surface area contributed by atoms with Gasteiger partial charge in [-0.25, -0.2) is 4.98 Å². The van der Waals surface area contributed by atoms with E-state index in [9.17, 15) is 10.1 Å². The van der Waals surface area contributed by atoms with Crippen LogP contribution in [0.5, 0.6) is 0 Å². The molecule has 0 radical (unpaired) electrons. The molecular formula is C10H11N5O2. The summed E-state index contributed by atoms with van der Waals surface area (Å²) in [7, 11) is 0. The van der Waals surface area contributed by atoms with Crippen molar-refractivity contribution >= 4 is 11.4 Å². The molecule has 0 saturated carbocycles. The van der Waals surface area contributed by atoms with Crippen LogP contribution in [-0.4, -0.2) is 26.2 Å². The molecule has 0 spiro atoms. The van der Waals surface area contributed by atoms with E-state index in [0.29, 0.717) is 18.8 Å². The number of nitrogens with zero attached hydrogens (tertiary/aromatic N) is 4. The van der Waals surface area contributed by atoms with Crippen LogP contribution in [0, 0.1) is 10.1 Å². The molecule has 0 aliphatic heterocycles. The van der Waals surface area contributed by atoms with Crippen LogP contribution in [-0.2, 0) is 6.54 Å². The minimum absolute atomic E-state index is 0.0751. The predicted molar refractivity (Wildman–Crippen MR) is 61.6 cm³/mol.